The summed E-state index contributed by atoms with van der Waals surface area (Å²) < 4.78 is 5.48. The Labute approximate surface area is 132 Å². The van der Waals surface area contributed by atoms with Crippen LogP contribution in [0.2, 0.25) is 0 Å². The molecule has 22 heavy (non-hydrogen) atoms. The monoisotopic (exact) mass is 293 g/mol. The molecule has 2 aromatic carbocycles. The van der Waals surface area contributed by atoms with Crippen molar-refractivity contribution in [2.45, 2.75) is 19.3 Å². The van der Waals surface area contributed by atoms with Crippen LogP contribution in [0.4, 0.5) is 5.69 Å². The minimum absolute atomic E-state index is 0.539. The van der Waals surface area contributed by atoms with E-state index in [1.165, 1.54) is 28.8 Å². The molecule has 0 aromatic heterocycles. The van der Waals surface area contributed by atoms with Gasteiger partial charge in [-0.2, -0.15) is 0 Å². The SMILES string of the molecule is C[C@H]1Cc2ccc(N3CCOCC3)cc2[C@@H]1c1ccccc1. The number of anilines is 1. The smallest absolute Gasteiger partial charge is 0.0642 e. The number of nitrogens with zero attached hydrogens (tertiary/aromatic N) is 1. The molecular formula is C20H23NO. The molecule has 1 heterocycles. The predicted molar refractivity (Wildman–Crippen MR) is 90.6 cm³/mol. The van der Waals surface area contributed by atoms with Crippen LogP contribution in [-0.4, -0.2) is 26.3 Å². The van der Waals surface area contributed by atoms with Crippen molar-refractivity contribution in [1.29, 1.82) is 0 Å². The van der Waals surface area contributed by atoms with E-state index in [4.69, 9.17) is 4.74 Å². The minimum Gasteiger partial charge on any atom is -0.378 e. The molecule has 0 N–H and O–H groups in total. The van der Waals surface area contributed by atoms with Gasteiger partial charge in [0.05, 0.1) is 13.2 Å². The van der Waals surface area contributed by atoms with Gasteiger partial charge in [-0.05, 0) is 41.2 Å². The second kappa shape index (κ2) is 5.77. The molecule has 4 rings (SSSR count). The topological polar surface area (TPSA) is 12.5 Å². The average molecular weight is 293 g/mol. The first-order chi connectivity index (χ1) is 10.8. The number of rotatable bonds is 2. The molecule has 0 saturated carbocycles. The molecule has 2 heteroatoms. The van der Waals surface area contributed by atoms with Gasteiger partial charge in [-0.1, -0.05) is 43.3 Å². The number of hydrogen-bond acceptors (Lipinski definition) is 2. The summed E-state index contributed by atoms with van der Waals surface area (Å²) in [6.07, 6.45) is 1.19. The average Bonchev–Trinajstić information content (AvgIpc) is 2.91. The number of benzene rings is 2. The molecule has 1 aliphatic carbocycles. The molecule has 1 aliphatic heterocycles. The molecular weight excluding hydrogens is 270 g/mol. The van der Waals surface area contributed by atoms with E-state index in [-0.39, 0.29) is 0 Å². The highest BCUT2D eigenvalue weighted by Gasteiger charge is 2.31. The van der Waals surface area contributed by atoms with Crippen LogP contribution in [-0.2, 0) is 11.2 Å². The predicted octanol–water partition coefficient (Wildman–Crippen LogP) is 3.85. The lowest BCUT2D eigenvalue weighted by Crippen LogP contribution is -2.36. The van der Waals surface area contributed by atoms with Gasteiger partial charge < -0.3 is 9.64 Å². The zero-order chi connectivity index (χ0) is 14.9. The summed E-state index contributed by atoms with van der Waals surface area (Å²) in [5.41, 5.74) is 5.87. The Bertz CT molecular complexity index is 646. The van der Waals surface area contributed by atoms with Crippen LogP contribution in [0.25, 0.3) is 0 Å². The van der Waals surface area contributed by atoms with Crippen molar-refractivity contribution in [1.82, 2.24) is 0 Å². The van der Waals surface area contributed by atoms with Gasteiger partial charge in [0.1, 0.15) is 0 Å². The molecule has 0 unspecified atom stereocenters. The molecule has 0 bridgehead atoms. The Kier molecular flexibility index (Phi) is 3.63. The maximum Gasteiger partial charge on any atom is 0.0642 e. The Hall–Kier alpha value is -1.80. The highest BCUT2D eigenvalue weighted by atomic mass is 16.5. The highest BCUT2D eigenvalue weighted by molar-refractivity contribution is 5.56. The first-order valence-corrected chi connectivity index (χ1v) is 8.33. The lowest BCUT2D eigenvalue weighted by atomic mass is 9.87. The highest BCUT2D eigenvalue weighted by Crippen LogP contribution is 2.43. The van der Waals surface area contributed by atoms with Crippen LogP contribution in [0, 0.1) is 5.92 Å². The van der Waals surface area contributed by atoms with E-state index in [1.807, 2.05) is 0 Å². The zero-order valence-electron chi connectivity index (χ0n) is 13.2. The second-order valence-corrected chi connectivity index (χ2v) is 6.55. The van der Waals surface area contributed by atoms with Crippen molar-refractivity contribution < 1.29 is 4.74 Å². The van der Waals surface area contributed by atoms with E-state index in [9.17, 15) is 0 Å². The van der Waals surface area contributed by atoms with Crippen molar-refractivity contribution in [3.63, 3.8) is 0 Å². The van der Waals surface area contributed by atoms with Gasteiger partial charge in [-0.15, -0.1) is 0 Å². The van der Waals surface area contributed by atoms with Crippen LogP contribution in [0.3, 0.4) is 0 Å². The summed E-state index contributed by atoms with van der Waals surface area (Å²) in [6, 6.07) is 18.0. The zero-order valence-corrected chi connectivity index (χ0v) is 13.2. The molecule has 114 valence electrons. The van der Waals surface area contributed by atoms with Gasteiger partial charge in [0, 0.05) is 24.7 Å². The molecule has 2 nitrogen and oxygen atoms in total. The standard InChI is InChI=1S/C20H23NO/c1-15-13-17-7-8-18(21-9-11-22-12-10-21)14-19(17)20(15)16-5-3-2-4-6-16/h2-8,14-15,20H,9-13H2,1H3/t15-,20-/m0/s1. The summed E-state index contributed by atoms with van der Waals surface area (Å²) >= 11 is 0. The molecule has 2 atom stereocenters. The molecule has 1 fully saturated rings. The maximum absolute atomic E-state index is 5.48. The van der Waals surface area contributed by atoms with Crippen molar-refractivity contribution in [2.75, 3.05) is 31.2 Å². The van der Waals surface area contributed by atoms with E-state index in [0.717, 1.165) is 26.3 Å². The van der Waals surface area contributed by atoms with E-state index in [0.29, 0.717) is 11.8 Å². The first kappa shape index (κ1) is 13.8. The lowest BCUT2D eigenvalue weighted by molar-refractivity contribution is 0.122. The van der Waals surface area contributed by atoms with E-state index in [2.05, 4.69) is 60.4 Å². The second-order valence-electron chi connectivity index (χ2n) is 6.55. The summed E-state index contributed by atoms with van der Waals surface area (Å²) in [4.78, 5) is 2.45. The quantitative estimate of drug-likeness (QED) is 0.834. The Balaban J connectivity index is 1.71. The van der Waals surface area contributed by atoms with Gasteiger partial charge in [0.15, 0.2) is 0 Å². The van der Waals surface area contributed by atoms with Gasteiger partial charge >= 0.3 is 0 Å². The number of hydrogen-bond donors (Lipinski definition) is 0. The van der Waals surface area contributed by atoms with Gasteiger partial charge in [-0.25, -0.2) is 0 Å². The largest absolute Gasteiger partial charge is 0.378 e. The van der Waals surface area contributed by atoms with Crippen molar-refractivity contribution in [3.8, 4) is 0 Å². The molecule has 0 radical (unpaired) electrons. The Morgan fingerprint density at radius 1 is 1.00 bits per heavy atom. The fourth-order valence-corrected chi connectivity index (χ4v) is 4.02. The van der Waals surface area contributed by atoms with E-state index in [1.54, 1.807) is 0 Å². The molecule has 1 saturated heterocycles. The summed E-state index contributed by atoms with van der Waals surface area (Å²) in [7, 11) is 0. The molecule has 2 aliphatic rings. The third-order valence-electron chi connectivity index (χ3n) is 5.11. The van der Waals surface area contributed by atoms with Gasteiger partial charge in [-0.3, -0.25) is 0 Å². The van der Waals surface area contributed by atoms with Gasteiger partial charge in [0.2, 0.25) is 0 Å². The molecule has 0 spiro atoms. The van der Waals surface area contributed by atoms with Gasteiger partial charge in [0.25, 0.3) is 0 Å². The number of fused-ring (bicyclic) bond motifs is 1. The lowest BCUT2D eigenvalue weighted by Gasteiger charge is -2.29. The van der Waals surface area contributed by atoms with Crippen LogP contribution in [0.1, 0.15) is 29.5 Å². The van der Waals surface area contributed by atoms with E-state index >= 15 is 0 Å². The van der Waals surface area contributed by atoms with Crippen LogP contribution < -0.4 is 4.90 Å². The van der Waals surface area contributed by atoms with Crippen LogP contribution in [0.15, 0.2) is 48.5 Å². The summed E-state index contributed by atoms with van der Waals surface area (Å²) in [5.74, 6) is 1.22. The van der Waals surface area contributed by atoms with Crippen molar-refractivity contribution >= 4 is 5.69 Å². The Morgan fingerprint density at radius 2 is 1.77 bits per heavy atom. The first-order valence-electron chi connectivity index (χ1n) is 8.33. The van der Waals surface area contributed by atoms with Crippen molar-refractivity contribution in [2.24, 2.45) is 5.92 Å². The summed E-state index contributed by atoms with van der Waals surface area (Å²) in [5, 5.41) is 0. The Morgan fingerprint density at radius 3 is 2.55 bits per heavy atom. The third kappa shape index (κ3) is 2.42. The molecule has 0 amide bonds. The maximum atomic E-state index is 5.48. The minimum atomic E-state index is 0.539. The van der Waals surface area contributed by atoms with E-state index < -0.39 is 0 Å². The van der Waals surface area contributed by atoms with Crippen molar-refractivity contribution in [3.05, 3.63) is 65.2 Å². The van der Waals surface area contributed by atoms with Crippen LogP contribution >= 0.6 is 0 Å². The fourth-order valence-electron chi connectivity index (χ4n) is 4.02. The molecule has 2 aromatic rings. The third-order valence-corrected chi connectivity index (χ3v) is 5.11. The van der Waals surface area contributed by atoms with Crippen LogP contribution in [0.5, 0.6) is 0 Å². The normalized spacial score (nSPS) is 24.3. The summed E-state index contributed by atoms with van der Waals surface area (Å²) in [6.45, 7) is 6.08. The number of ether oxygens (including phenoxy) is 1. The number of morpholine rings is 1. The fraction of sp³-hybridized carbons (Fsp3) is 0.400.